The van der Waals surface area contributed by atoms with Gasteiger partial charge in [0.2, 0.25) is 0 Å². The summed E-state index contributed by atoms with van der Waals surface area (Å²) in [6.07, 6.45) is 1.85. The minimum absolute atomic E-state index is 0.0446. The fraction of sp³-hybridized carbons (Fsp3) is 0.267. The van der Waals surface area contributed by atoms with Gasteiger partial charge in [0.05, 0.1) is 12.7 Å². The molecule has 0 radical (unpaired) electrons. The van der Waals surface area contributed by atoms with Crippen LogP contribution in [0.1, 0.15) is 17.2 Å². The molecule has 2 unspecified atom stereocenters. The van der Waals surface area contributed by atoms with Crippen molar-refractivity contribution in [2.75, 3.05) is 6.61 Å². The van der Waals surface area contributed by atoms with Crippen molar-refractivity contribution in [3.05, 3.63) is 59.9 Å². The summed E-state index contributed by atoms with van der Waals surface area (Å²) in [5.41, 5.74) is 2.01. The summed E-state index contributed by atoms with van der Waals surface area (Å²) in [6.45, 7) is 0.549. The van der Waals surface area contributed by atoms with E-state index in [2.05, 4.69) is 4.98 Å². The van der Waals surface area contributed by atoms with Crippen LogP contribution < -0.4 is 4.74 Å². The van der Waals surface area contributed by atoms with Gasteiger partial charge in [-0.15, -0.1) is 0 Å². The zero-order chi connectivity index (χ0) is 12.4. The minimum Gasteiger partial charge on any atom is -0.493 e. The second kappa shape index (κ2) is 4.78. The topological polar surface area (TPSA) is 42.4 Å². The van der Waals surface area contributed by atoms with Crippen LogP contribution in [0.4, 0.5) is 0 Å². The number of aliphatic hydroxyl groups is 1. The van der Waals surface area contributed by atoms with Crippen molar-refractivity contribution in [2.45, 2.75) is 18.4 Å². The van der Waals surface area contributed by atoms with Gasteiger partial charge in [0.15, 0.2) is 0 Å². The number of pyridine rings is 1. The van der Waals surface area contributed by atoms with E-state index in [1.54, 1.807) is 6.20 Å². The van der Waals surface area contributed by atoms with E-state index in [1.165, 1.54) is 0 Å². The first kappa shape index (κ1) is 11.2. The molecule has 0 saturated carbocycles. The van der Waals surface area contributed by atoms with E-state index >= 15 is 0 Å². The maximum absolute atomic E-state index is 10.3. The third-order valence-corrected chi connectivity index (χ3v) is 3.35. The van der Waals surface area contributed by atoms with Crippen LogP contribution in [0.3, 0.4) is 0 Å². The highest BCUT2D eigenvalue weighted by molar-refractivity contribution is 5.40. The van der Waals surface area contributed by atoms with Gasteiger partial charge < -0.3 is 9.84 Å². The summed E-state index contributed by atoms with van der Waals surface area (Å²) < 4.78 is 5.59. The van der Waals surface area contributed by atoms with Crippen LogP contribution >= 0.6 is 0 Å². The summed E-state index contributed by atoms with van der Waals surface area (Å²) >= 11 is 0. The predicted octanol–water partition coefficient (Wildman–Crippen LogP) is 2.16. The average molecular weight is 241 g/mol. The van der Waals surface area contributed by atoms with Crippen LogP contribution in [0.2, 0.25) is 0 Å². The first-order valence-electron chi connectivity index (χ1n) is 6.14. The Balaban J connectivity index is 1.77. The summed E-state index contributed by atoms with van der Waals surface area (Å²) in [7, 11) is 0. The molecule has 2 aromatic rings. The fourth-order valence-electron chi connectivity index (χ4n) is 2.38. The van der Waals surface area contributed by atoms with Gasteiger partial charge in [0, 0.05) is 29.8 Å². The van der Waals surface area contributed by atoms with E-state index in [9.17, 15) is 5.11 Å². The Hall–Kier alpha value is -1.87. The molecule has 0 fully saturated rings. The number of ether oxygens (including phenoxy) is 1. The molecule has 3 heteroatoms. The molecule has 2 atom stereocenters. The molecule has 3 nitrogen and oxygen atoms in total. The lowest BCUT2D eigenvalue weighted by molar-refractivity contribution is 0.128. The number of hydrogen-bond donors (Lipinski definition) is 1. The highest BCUT2D eigenvalue weighted by Crippen LogP contribution is 2.36. The highest BCUT2D eigenvalue weighted by atomic mass is 16.5. The average Bonchev–Trinajstić information content (AvgIpc) is 2.84. The molecule has 0 saturated heterocycles. The van der Waals surface area contributed by atoms with Gasteiger partial charge in [-0.1, -0.05) is 24.3 Å². The van der Waals surface area contributed by atoms with E-state index in [0.29, 0.717) is 13.0 Å². The van der Waals surface area contributed by atoms with Gasteiger partial charge in [-0.2, -0.15) is 0 Å². The van der Waals surface area contributed by atoms with E-state index < -0.39 is 6.10 Å². The molecule has 0 spiro atoms. The number of fused-ring (bicyclic) bond motifs is 1. The number of para-hydroxylation sites is 1. The lowest BCUT2D eigenvalue weighted by Gasteiger charge is -2.16. The first-order valence-corrected chi connectivity index (χ1v) is 6.14. The number of benzene rings is 1. The molecule has 0 amide bonds. The van der Waals surface area contributed by atoms with Crippen molar-refractivity contribution >= 4 is 0 Å². The zero-order valence-corrected chi connectivity index (χ0v) is 9.99. The molecule has 1 aliphatic rings. The summed E-state index contributed by atoms with van der Waals surface area (Å²) in [6, 6.07) is 13.7. The Labute approximate surface area is 106 Å². The van der Waals surface area contributed by atoms with Gasteiger partial charge in [0.25, 0.3) is 0 Å². The molecular formula is C15H15NO2. The van der Waals surface area contributed by atoms with Crippen molar-refractivity contribution in [2.24, 2.45) is 0 Å². The SMILES string of the molecule is OC(Cc1ccccn1)C1COc2ccccc21. The van der Waals surface area contributed by atoms with Crippen molar-refractivity contribution in [3.8, 4) is 5.75 Å². The lowest BCUT2D eigenvalue weighted by Crippen LogP contribution is -2.22. The molecule has 1 aromatic carbocycles. The Morgan fingerprint density at radius 2 is 2.06 bits per heavy atom. The van der Waals surface area contributed by atoms with Crippen molar-refractivity contribution < 1.29 is 9.84 Å². The van der Waals surface area contributed by atoms with E-state index in [-0.39, 0.29) is 5.92 Å². The van der Waals surface area contributed by atoms with Gasteiger partial charge in [0.1, 0.15) is 5.75 Å². The quantitative estimate of drug-likeness (QED) is 0.895. The van der Waals surface area contributed by atoms with Crippen LogP contribution in [-0.2, 0) is 6.42 Å². The Kier molecular flexibility index (Phi) is 2.99. The molecule has 3 rings (SSSR count). The highest BCUT2D eigenvalue weighted by Gasteiger charge is 2.30. The van der Waals surface area contributed by atoms with E-state index in [0.717, 1.165) is 17.0 Å². The largest absolute Gasteiger partial charge is 0.493 e. The van der Waals surface area contributed by atoms with Gasteiger partial charge >= 0.3 is 0 Å². The van der Waals surface area contributed by atoms with Crippen LogP contribution in [0.15, 0.2) is 48.7 Å². The van der Waals surface area contributed by atoms with Crippen molar-refractivity contribution in [1.29, 1.82) is 0 Å². The van der Waals surface area contributed by atoms with Crippen LogP contribution in [-0.4, -0.2) is 22.8 Å². The van der Waals surface area contributed by atoms with Gasteiger partial charge in [-0.05, 0) is 18.2 Å². The van der Waals surface area contributed by atoms with E-state index in [1.807, 2.05) is 42.5 Å². The zero-order valence-electron chi connectivity index (χ0n) is 9.99. The molecule has 1 aromatic heterocycles. The molecule has 1 aliphatic heterocycles. The minimum atomic E-state index is -0.455. The van der Waals surface area contributed by atoms with Crippen LogP contribution in [0.25, 0.3) is 0 Å². The van der Waals surface area contributed by atoms with Gasteiger partial charge in [-0.3, -0.25) is 4.98 Å². The maximum atomic E-state index is 10.3. The van der Waals surface area contributed by atoms with Crippen LogP contribution in [0, 0.1) is 0 Å². The number of aromatic nitrogens is 1. The standard InChI is InChI=1S/C15H15NO2/c17-14(9-11-5-3-4-8-16-11)13-10-18-15-7-2-1-6-12(13)15/h1-8,13-14,17H,9-10H2. The molecule has 0 aliphatic carbocycles. The normalized spacial score (nSPS) is 19.1. The Morgan fingerprint density at radius 1 is 1.22 bits per heavy atom. The van der Waals surface area contributed by atoms with Crippen LogP contribution in [0.5, 0.6) is 5.75 Å². The third-order valence-electron chi connectivity index (χ3n) is 3.35. The second-order valence-corrected chi connectivity index (χ2v) is 4.55. The fourth-order valence-corrected chi connectivity index (χ4v) is 2.38. The second-order valence-electron chi connectivity index (χ2n) is 4.55. The number of hydrogen-bond acceptors (Lipinski definition) is 3. The molecule has 0 bridgehead atoms. The molecule has 2 heterocycles. The van der Waals surface area contributed by atoms with Crippen molar-refractivity contribution in [1.82, 2.24) is 4.98 Å². The predicted molar refractivity (Wildman–Crippen MR) is 68.6 cm³/mol. The molecule has 18 heavy (non-hydrogen) atoms. The molecule has 1 N–H and O–H groups in total. The third kappa shape index (κ3) is 2.09. The monoisotopic (exact) mass is 241 g/mol. The van der Waals surface area contributed by atoms with Gasteiger partial charge in [-0.25, -0.2) is 0 Å². The molecular weight excluding hydrogens is 226 g/mol. The lowest BCUT2D eigenvalue weighted by atomic mass is 9.92. The maximum Gasteiger partial charge on any atom is 0.123 e. The summed E-state index contributed by atoms with van der Waals surface area (Å²) in [5, 5.41) is 10.3. The van der Waals surface area contributed by atoms with E-state index in [4.69, 9.17) is 4.74 Å². The smallest absolute Gasteiger partial charge is 0.123 e. The van der Waals surface area contributed by atoms with Crippen molar-refractivity contribution in [3.63, 3.8) is 0 Å². The summed E-state index contributed by atoms with van der Waals surface area (Å²) in [5.74, 6) is 0.936. The Morgan fingerprint density at radius 3 is 2.89 bits per heavy atom. The number of aliphatic hydroxyl groups excluding tert-OH is 1. The summed E-state index contributed by atoms with van der Waals surface area (Å²) in [4.78, 5) is 4.25. The number of nitrogens with zero attached hydrogens (tertiary/aromatic N) is 1. The molecule has 92 valence electrons. The Bertz CT molecular complexity index is 527. The number of rotatable bonds is 3. The first-order chi connectivity index (χ1) is 8.84.